The molecule has 0 aliphatic carbocycles. The highest BCUT2D eigenvalue weighted by atomic mass is 16.5. The van der Waals surface area contributed by atoms with Crippen molar-refractivity contribution in [3.8, 4) is 17.2 Å². The Morgan fingerprint density at radius 1 is 0.893 bits per heavy atom. The third kappa shape index (κ3) is 4.49. The molecule has 2 heterocycles. The molecule has 3 rings (SSSR count). The van der Waals surface area contributed by atoms with Crippen LogP contribution in [0.5, 0.6) is 17.2 Å². The lowest BCUT2D eigenvalue weighted by atomic mass is 10.1. The zero-order chi connectivity index (χ0) is 19.9. The highest BCUT2D eigenvalue weighted by Gasteiger charge is 2.20. The van der Waals surface area contributed by atoms with Gasteiger partial charge in [-0.25, -0.2) is 0 Å². The Morgan fingerprint density at radius 3 is 1.82 bits per heavy atom. The van der Waals surface area contributed by atoms with Crippen molar-refractivity contribution in [3.63, 3.8) is 0 Å². The van der Waals surface area contributed by atoms with E-state index in [4.69, 9.17) is 23.0 Å². The first kappa shape index (κ1) is 19.4. The van der Waals surface area contributed by atoms with Crippen molar-refractivity contribution < 1.29 is 27.8 Å². The third-order valence-corrected chi connectivity index (χ3v) is 4.29. The number of ether oxygens (including phenoxy) is 3. The summed E-state index contributed by atoms with van der Waals surface area (Å²) in [4.78, 5) is 14.7. The van der Waals surface area contributed by atoms with E-state index < -0.39 is 0 Å². The van der Waals surface area contributed by atoms with Gasteiger partial charge in [-0.15, -0.1) is 0 Å². The van der Waals surface area contributed by atoms with Gasteiger partial charge in [-0.1, -0.05) is 0 Å². The molecule has 0 atom stereocenters. The number of carbonyl (C=O) groups is 1. The highest BCUT2D eigenvalue weighted by Crippen LogP contribution is 2.38. The maximum Gasteiger partial charge on any atom is 0.227 e. The standard InChI is InChI=1S/C21H23NO6/c1-24-18-10-15(11-19(25-2)21(18)26-3)12-20(23)22(13-16-6-4-8-27-16)14-17-7-5-9-28-17/h4-11H,12-14H2,1-3H3. The van der Waals surface area contributed by atoms with E-state index in [2.05, 4.69) is 0 Å². The van der Waals surface area contributed by atoms with Crippen molar-refractivity contribution in [2.45, 2.75) is 19.5 Å². The normalized spacial score (nSPS) is 10.5. The zero-order valence-electron chi connectivity index (χ0n) is 16.1. The largest absolute Gasteiger partial charge is 0.493 e. The minimum atomic E-state index is -0.0814. The number of methoxy groups -OCH3 is 3. The summed E-state index contributed by atoms with van der Waals surface area (Å²) in [5, 5.41) is 0. The summed E-state index contributed by atoms with van der Waals surface area (Å²) in [7, 11) is 4.63. The summed E-state index contributed by atoms with van der Waals surface area (Å²) in [5.74, 6) is 2.82. The van der Waals surface area contributed by atoms with Crippen molar-refractivity contribution in [2.24, 2.45) is 0 Å². The van der Waals surface area contributed by atoms with Gasteiger partial charge in [0.15, 0.2) is 11.5 Å². The van der Waals surface area contributed by atoms with Crippen LogP contribution >= 0.6 is 0 Å². The van der Waals surface area contributed by atoms with Crippen LogP contribution in [-0.2, 0) is 24.3 Å². The number of benzene rings is 1. The molecular formula is C21H23NO6. The van der Waals surface area contributed by atoms with Gasteiger partial charge >= 0.3 is 0 Å². The molecule has 0 unspecified atom stereocenters. The van der Waals surface area contributed by atoms with Crippen molar-refractivity contribution in [2.75, 3.05) is 21.3 Å². The molecule has 2 aromatic heterocycles. The summed E-state index contributed by atoms with van der Waals surface area (Å²) < 4.78 is 26.9. The number of nitrogens with zero attached hydrogens (tertiary/aromatic N) is 1. The van der Waals surface area contributed by atoms with Crippen LogP contribution in [0.25, 0.3) is 0 Å². The Morgan fingerprint density at radius 2 is 1.43 bits per heavy atom. The van der Waals surface area contributed by atoms with Gasteiger partial charge in [0, 0.05) is 0 Å². The number of amides is 1. The quantitative estimate of drug-likeness (QED) is 0.560. The zero-order valence-corrected chi connectivity index (χ0v) is 16.1. The number of carbonyl (C=O) groups excluding carboxylic acids is 1. The summed E-state index contributed by atoms with van der Waals surface area (Å²) in [6.07, 6.45) is 3.34. The second kappa shape index (κ2) is 9.03. The maximum atomic E-state index is 13.0. The number of hydrogen-bond donors (Lipinski definition) is 0. The summed E-state index contributed by atoms with van der Waals surface area (Å²) in [6, 6.07) is 10.8. The Bertz CT molecular complexity index is 825. The van der Waals surface area contributed by atoms with Gasteiger partial charge in [0.2, 0.25) is 11.7 Å². The SMILES string of the molecule is COc1cc(CC(=O)N(Cc2ccco2)Cc2ccco2)cc(OC)c1OC. The lowest BCUT2D eigenvalue weighted by molar-refractivity contribution is -0.132. The first-order chi connectivity index (χ1) is 13.6. The minimum absolute atomic E-state index is 0.0814. The second-order valence-electron chi connectivity index (χ2n) is 6.12. The molecule has 0 spiro atoms. The van der Waals surface area contributed by atoms with E-state index in [1.807, 2.05) is 12.1 Å². The molecule has 0 aliphatic rings. The predicted octanol–water partition coefficient (Wildman–Crippen LogP) is 3.67. The lowest BCUT2D eigenvalue weighted by Crippen LogP contribution is -2.31. The van der Waals surface area contributed by atoms with Gasteiger partial charge < -0.3 is 27.9 Å². The van der Waals surface area contributed by atoms with Gasteiger partial charge in [0.1, 0.15) is 11.5 Å². The Labute approximate surface area is 163 Å². The minimum Gasteiger partial charge on any atom is -0.493 e. The molecule has 7 heteroatoms. The molecule has 148 valence electrons. The highest BCUT2D eigenvalue weighted by molar-refractivity contribution is 5.79. The molecule has 0 aliphatic heterocycles. The topological polar surface area (TPSA) is 74.3 Å². The first-order valence-corrected chi connectivity index (χ1v) is 8.76. The van der Waals surface area contributed by atoms with Crippen LogP contribution in [-0.4, -0.2) is 32.1 Å². The van der Waals surface area contributed by atoms with E-state index in [-0.39, 0.29) is 12.3 Å². The van der Waals surface area contributed by atoms with Crippen LogP contribution in [0.1, 0.15) is 17.1 Å². The molecule has 7 nitrogen and oxygen atoms in total. The van der Waals surface area contributed by atoms with E-state index in [0.717, 1.165) is 5.56 Å². The lowest BCUT2D eigenvalue weighted by Gasteiger charge is -2.21. The predicted molar refractivity (Wildman–Crippen MR) is 101 cm³/mol. The fraction of sp³-hybridized carbons (Fsp3) is 0.286. The molecule has 28 heavy (non-hydrogen) atoms. The Kier molecular flexibility index (Phi) is 6.26. The molecule has 0 saturated carbocycles. The fourth-order valence-corrected chi connectivity index (χ4v) is 2.94. The molecule has 0 bridgehead atoms. The molecule has 1 aromatic carbocycles. The molecule has 0 fully saturated rings. The van der Waals surface area contributed by atoms with E-state index in [9.17, 15) is 4.79 Å². The molecule has 1 amide bonds. The number of rotatable bonds is 9. The first-order valence-electron chi connectivity index (χ1n) is 8.76. The fourth-order valence-electron chi connectivity index (χ4n) is 2.94. The average molecular weight is 385 g/mol. The van der Waals surface area contributed by atoms with E-state index in [1.165, 1.54) is 0 Å². The monoisotopic (exact) mass is 385 g/mol. The average Bonchev–Trinajstić information content (AvgIpc) is 3.40. The molecule has 0 radical (unpaired) electrons. The van der Waals surface area contributed by atoms with Crippen molar-refractivity contribution in [3.05, 3.63) is 66.0 Å². The van der Waals surface area contributed by atoms with Crippen molar-refractivity contribution >= 4 is 5.91 Å². The van der Waals surface area contributed by atoms with Crippen molar-refractivity contribution in [1.82, 2.24) is 4.90 Å². The van der Waals surface area contributed by atoms with Crippen LogP contribution in [0.15, 0.2) is 57.8 Å². The Hall–Kier alpha value is -3.35. The summed E-state index contributed by atoms with van der Waals surface area (Å²) in [5.41, 5.74) is 0.753. The second-order valence-corrected chi connectivity index (χ2v) is 6.12. The van der Waals surface area contributed by atoms with Crippen LogP contribution in [0, 0.1) is 0 Å². The van der Waals surface area contributed by atoms with Crippen LogP contribution in [0.2, 0.25) is 0 Å². The molecule has 3 aromatic rings. The maximum absolute atomic E-state index is 13.0. The number of hydrogen-bond acceptors (Lipinski definition) is 6. The van der Waals surface area contributed by atoms with Gasteiger partial charge in [0.25, 0.3) is 0 Å². The van der Waals surface area contributed by atoms with Gasteiger partial charge in [-0.05, 0) is 42.0 Å². The smallest absolute Gasteiger partial charge is 0.227 e. The van der Waals surface area contributed by atoms with E-state index in [1.54, 1.807) is 63.0 Å². The van der Waals surface area contributed by atoms with Gasteiger partial charge in [0.05, 0.1) is 53.4 Å². The van der Waals surface area contributed by atoms with Crippen LogP contribution in [0.3, 0.4) is 0 Å². The van der Waals surface area contributed by atoms with Crippen LogP contribution in [0.4, 0.5) is 0 Å². The summed E-state index contributed by atoms with van der Waals surface area (Å²) in [6.45, 7) is 0.688. The van der Waals surface area contributed by atoms with Gasteiger partial charge in [-0.3, -0.25) is 4.79 Å². The molecule has 0 saturated heterocycles. The van der Waals surface area contributed by atoms with E-state index in [0.29, 0.717) is 41.9 Å². The van der Waals surface area contributed by atoms with Gasteiger partial charge in [-0.2, -0.15) is 0 Å². The number of furan rings is 2. The Balaban J connectivity index is 1.82. The summed E-state index contributed by atoms with van der Waals surface area (Å²) >= 11 is 0. The van der Waals surface area contributed by atoms with Crippen LogP contribution < -0.4 is 14.2 Å². The molecule has 0 N–H and O–H groups in total. The van der Waals surface area contributed by atoms with E-state index >= 15 is 0 Å². The van der Waals surface area contributed by atoms with Crippen molar-refractivity contribution in [1.29, 1.82) is 0 Å². The third-order valence-electron chi connectivity index (χ3n) is 4.29. The molecular weight excluding hydrogens is 362 g/mol.